The number of hydrogen-bond acceptors (Lipinski definition) is 4. The van der Waals surface area contributed by atoms with Crippen LogP contribution in [-0.4, -0.2) is 22.9 Å². The van der Waals surface area contributed by atoms with Crippen molar-refractivity contribution in [2.75, 3.05) is 12.4 Å². The standard InChI is InChI=1S/C4H8O3S/c1-2-7-4(5)3-8-6/h6H,2-3H2,1H3. The van der Waals surface area contributed by atoms with Crippen molar-refractivity contribution in [2.45, 2.75) is 6.92 Å². The number of hydrogen-bond donors (Lipinski definition) is 1. The normalized spacial score (nSPS) is 8.75. The summed E-state index contributed by atoms with van der Waals surface area (Å²) in [5.41, 5.74) is 0. The Labute approximate surface area is 52.2 Å². The van der Waals surface area contributed by atoms with Crippen LogP contribution in [0.2, 0.25) is 0 Å². The molecule has 0 aromatic carbocycles. The van der Waals surface area contributed by atoms with E-state index in [0.717, 1.165) is 0 Å². The largest absolute Gasteiger partial charge is 0.465 e. The number of carbonyl (C=O) groups excluding carboxylic acids is 1. The molecule has 0 fully saturated rings. The predicted octanol–water partition coefficient (Wildman–Crippen LogP) is 0.756. The van der Waals surface area contributed by atoms with E-state index in [0.29, 0.717) is 18.6 Å². The quantitative estimate of drug-likeness (QED) is 0.459. The van der Waals surface area contributed by atoms with E-state index in [1.165, 1.54) is 0 Å². The first-order valence-corrected chi connectivity index (χ1v) is 3.17. The first-order chi connectivity index (χ1) is 3.81. The van der Waals surface area contributed by atoms with Crippen molar-refractivity contribution in [3.05, 3.63) is 0 Å². The number of ether oxygens (including phenoxy) is 1. The molecule has 4 heteroatoms. The SMILES string of the molecule is CCOC(=O)CSO. The van der Waals surface area contributed by atoms with Gasteiger partial charge in [-0.25, -0.2) is 0 Å². The summed E-state index contributed by atoms with van der Waals surface area (Å²) in [7, 11) is 0. The molecule has 0 aliphatic heterocycles. The van der Waals surface area contributed by atoms with E-state index in [4.69, 9.17) is 4.55 Å². The first kappa shape index (κ1) is 7.78. The summed E-state index contributed by atoms with van der Waals surface area (Å²) >= 11 is 0.475. The molecule has 0 atom stereocenters. The van der Waals surface area contributed by atoms with Crippen molar-refractivity contribution in [1.82, 2.24) is 0 Å². The molecule has 0 bridgehead atoms. The zero-order valence-corrected chi connectivity index (χ0v) is 5.40. The van der Waals surface area contributed by atoms with Crippen LogP contribution in [0.15, 0.2) is 0 Å². The average molecular weight is 136 g/mol. The fourth-order valence-electron chi connectivity index (χ4n) is 0.255. The Morgan fingerprint density at radius 3 is 2.88 bits per heavy atom. The van der Waals surface area contributed by atoms with Crippen LogP contribution in [0.3, 0.4) is 0 Å². The van der Waals surface area contributed by atoms with Crippen molar-refractivity contribution < 1.29 is 14.1 Å². The van der Waals surface area contributed by atoms with Crippen molar-refractivity contribution in [1.29, 1.82) is 0 Å². The van der Waals surface area contributed by atoms with Crippen LogP contribution in [0.1, 0.15) is 6.92 Å². The van der Waals surface area contributed by atoms with Crippen molar-refractivity contribution in [3.8, 4) is 0 Å². The van der Waals surface area contributed by atoms with Gasteiger partial charge in [-0.1, -0.05) is 0 Å². The molecule has 8 heavy (non-hydrogen) atoms. The van der Waals surface area contributed by atoms with Crippen molar-refractivity contribution in [2.24, 2.45) is 0 Å². The summed E-state index contributed by atoms with van der Waals surface area (Å²) in [5.74, 6) is -0.353. The molecule has 0 aromatic rings. The van der Waals surface area contributed by atoms with Crippen molar-refractivity contribution >= 4 is 18.0 Å². The Hall–Kier alpha value is -0.220. The van der Waals surface area contributed by atoms with Crippen LogP contribution < -0.4 is 0 Å². The summed E-state index contributed by atoms with van der Waals surface area (Å²) in [6, 6.07) is 0. The van der Waals surface area contributed by atoms with Crippen LogP contribution in [0.25, 0.3) is 0 Å². The van der Waals surface area contributed by atoms with Crippen LogP contribution >= 0.6 is 12.0 Å². The lowest BCUT2D eigenvalue weighted by Crippen LogP contribution is -2.05. The lowest BCUT2D eigenvalue weighted by Gasteiger charge is -1.95. The highest BCUT2D eigenvalue weighted by Gasteiger charge is 1.97. The Balaban J connectivity index is 3.06. The molecule has 0 rings (SSSR count). The second-order valence-electron chi connectivity index (χ2n) is 1.08. The highest BCUT2D eigenvalue weighted by atomic mass is 32.2. The molecule has 0 saturated carbocycles. The number of carbonyl (C=O) groups is 1. The Kier molecular flexibility index (Phi) is 4.79. The number of esters is 1. The Bertz CT molecular complexity index is 65.7. The summed E-state index contributed by atoms with van der Waals surface area (Å²) in [6.07, 6.45) is 0. The molecule has 48 valence electrons. The van der Waals surface area contributed by atoms with E-state index in [1.807, 2.05) is 0 Å². The molecule has 0 amide bonds. The average Bonchev–Trinajstić information content (AvgIpc) is 1.68. The summed E-state index contributed by atoms with van der Waals surface area (Å²) < 4.78 is 12.5. The van der Waals surface area contributed by atoms with Crippen LogP contribution in [0.5, 0.6) is 0 Å². The van der Waals surface area contributed by atoms with Gasteiger partial charge in [0.25, 0.3) is 0 Å². The Morgan fingerprint density at radius 1 is 1.88 bits per heavy atom. The van der Waals surface area contributed by atoms with Gasteiger partial charge in [-0.3, -0.25) is 4.79 Å². The molecule has 0 spiro atoms. The molecule has 1 N–H and O–H groups in total. The molecular weight excluding hydrogens is 128 g/mol. The highest BCUT2D eigenvalue weighted by Crippen LogP contribution is 1.90. The van der Waals surface area contributed by atoms with Gasteiger partial charge in [-0.15, -0.1) is 0 Å². The van der Waals surface area contributed by atoms with Gasteiger partial charge in [-0.05, 0) is 19.0 Å². The zero-order chi connectivity index (χ0) is 6.41. The minimum Gasteiger partial charge on any atom is -0.465 e. The van der Waals surface area contributed by atoms with Crippen LogP contribution in [-0.2, 0) is 9.53 Å². The topological polar surface area (TPSA) is 46.5 Å². The molecule has 0 unspecified atom stereocenters. The molecular formula is C4H8O3S. The van der Waals surface area contributed by atoms with E-state index in [-0.39, 0.29) is 11.7 Å². The third-order valence-electron chi connectivity index (χ3n) is 0.488. The van der Waals surface area contributed by atoms with Gasteiger partial charge in [0.15, 0.2) is 0 Å². The number of rotatable bonds is 3. The van der Waals surface area contributed by atoms with Gasteiger partial charge in [-0.2, -0.15) is 0 Å². The van der Waals surface area contributed by atoms with Gasteiger partial charge in [0, 0.05) is 0 Å². The minimum atomic E-state index is -0.375. The van der Waals surface area contributed by atoms with Crippen LogP contribution in [0, 0.1) is 0 Å². The monoisotopic (exact) mass is 136 g/mol. The molecule has 0 aliphatic carbocycles. The molecule has 0 aliphatic rings. The minimum absolute atomic E-state index is 0.0217. The third-order valence-corrected chi connectivity index (χ3v) is 0.853. The van der Waals surface area contributed by atoms with Gasteiger partial charge in [0.1, 0.15) is 5.75 Å². The molecule has 0 saturated heterocycles. The summed E-state index contributed by atoms with van der Waals surface area (Å²) in [6.45, 7) is 2.10. The summed E-state index contributed by atoms with van der Waals surface area (Å²) in [5, 5.41) is 0. The fraction of sp³-hybridized carbons (Fsp3) is 0.750. The molecule has 0 heterocycles. The predicted molar refractivity (Wildman–Crippen MR) is 31.7 cm³/mol. The maximum Gasteiger partial charge on any atom is 0.318 e. The fourth-order valence-corrected chi connectivity index (χ4v) is 0.444. The van der Waals surface area contributed by atoms with E-state index >= 15 is 0 Å². The highest BCUT2D eigenvalue weighted by molar-refractivity contribution is 7.94. The van der Waals surface area contributed by atoms with E-state index in [1.54, 1.807) is 6.92 Å². The second-order valence-corrected chi connectivity index (χ2v) is 1.63. The molecule has 3 nitrogen and oxygen atoms in total. The lowest BCUT2D eigenvalue weighted by molar-refractivity contribution is -0.139. The smallest absolute Gasteiger partial charge is 0.318 e. The maximum atomic E-state index is 10.2. The third kappa shape index (κ3) is 3.95. The van der Waals surface area contributed by atoms with Crippen LogP contribution in [0.4, 0.5) is 0 Å². The van der Waals surface area contributed by atoms with Crippen molar-refractivity contribution in [3.63, 3.8) is 0 Å². The van der Waals surface area contributed by atoms with E-state index in [2.05, 4.69) is 4.74 Å². The van der Waals surface area contributed by atoms with Gasteiger partial charge < -0.3 is 9.29 Å². The van der Waals surface area contributed by atoms with E-state index in [9.17, 15) is 4.79 Å². The van der Waals surface area contributed by atoms with Gasteiger partial charge >= 0.3 is 5.97 Å². The van der Waals surface area contributed by atoms with E-state index < -0.39 is 0 Å². The summed E-state index contributed by atoms with van der Waals surface area (Å²) in [4.78, 5) is 10.2. The Morgan fingerprint density at radius 2 is 2.50 bits per heavy atom. The van der Waals surface area contributed by atoms with Gasteiger partial charge in [0.05, 0.1) is 6.61 Å². The molecule has 0 radical (unpaired) electrons. The maximum absolute atomic E-state index is 10.2. The zero-order valence-electron chi connectivity index (χ0n) is 4.59. The second kappa shape index (κ2) is 4.93. The lowest BCUT2D eigenvalue weighted by atomic mass is 10.8. The van der Waals surface area contributed by atoms with Gasteiger partial charge in [0.2, 0.25) is 0 Å². The first-order valence-electron chi connectivity index (χ1n) is 2.23. The molecule has 0 aromatic heterocycles.